The number of anilines is 1. The van der Waals surface area contributed by atoms with Crippen molar-refractivity contribution in [2.45, 2.75) is 31.4 Å². The van der Waals surface area contributed by atoms with E-state index in [1.165, 1.54) is 16.7 Å². The zero-order chi connectivity index (χ0) is 17.0. The summed E-state index contributed by atoms with van der Waals surface area (Å²) in [7, 11) is 0. The molecule has 2 aromatic rings. The average Bonchev–Trinajstić information content (AvgIpc) is 2.55. The van der Waals surface area contributed by atoms with E-state index in [1.807, 2.05) is 25.1 Å². The SMILES string of the molecule is Cc1ccc(C)c(CSc2c(C)cccc2N(N)C(=O)NN)c1. The molecule has 2 rings (SSSR count). The van der Waals surface area contributed by atoms with Crippen LogP contribution in [0, 0.1) is 20.8 Å². The van der Waals surface area contributed by atoms with Crippen molar-refractivity contribution < 1.29 is 4.79 Å². The number of urea groups is 1. The molecule has 0 atom stereocenters. The molecular formula is C17H22N4OS. The van der Waals surface area contributed by atoms with Crippen LogP contribution in [0.3, 0.4) is 0 Å². The number of thioether (sulfide) groups is 1. The Morgan fingerprint density at radius 2 is 1.91 bits per heavy atom. The van der Waals surface area contributed by atoms with Crippen molar-refractivity contribution in [2.24, 2.45) is 11.7 Å². The van der Waals surface area contributed by atoms with E-state index in [9.17, 15) is 4.79 Å². The van der Waals surface area contributed by atoms with Gasteiger partial charge in [-0.25, -0.2) is 21.5 Å². The van der Waals surface area contributed by atoms with E-state index in [-0.39, 0.29) is 0 Å². The molecule has 0 heterocycles. The topological polar surface area (TPSA) is 84.4 Å². The lowest BCUT2D eigenvalue weighted by Crippen LogP contribution is -2.47. The number of rotatable bonds is 4. The fourth-order valence-electron chi connectivity index (χ4n) is 2.30. The van der Waals surface area contributed by atoms with Crippen LogP contribution < -0.4 is 22.1 Å². The Balaban J connectivity index is 2.29. The minimum atomic E-state index is -0.552. The number of nitrogens with one attached hydrogen (secondary N) is 1. The summed E-state index contributed by atoms with van der Waals surface area (Å²) in [5.41, 5.74) is 7.52. The Morgan fingerprint density at radius 1 is 1.17 bits per heavy atom. The molecule has 0 aliphatic rings. The number of amides is 2. The number of nitrogens with zero attached hydrogens (tertiary/aromatic N) is 1. The lowest BCUT2D eigenvalue weighted by atomic mass is 10.1. The molecule has 0 aliphatic heterocycles. The van der Waals surface area contributed by atoms with Crippen LogP contribution in [0.25, 0.3) is 0 Å². The average molecular weight is 330 g/mol. The molecular weight excluding hydrogens is 308 g/mol. The second-order valence-electron chi connectivity index (χ2n) is 5.46. The number of benzene rings is 2. The minimum Gasteiger partial charge on any atom is -0.274 e. The van der Waals surface area contributed by atoms with E-state index in [2.05, 4.69) is 37.5 Å². The van der Waals surface area contributed by atoms with Gasteiger partial charge in [-0.05, 0) is 43.5 Å². The largest absolute Gasteiger partial charge is 0.350 e. The fourth-order valence-corrected chi connectivity index (χ4v) is 3.52. The Kier molecular flexibility index (Phi) is 5.65. The van der Waals surface area contributed by atoms with Crippen LogP contribution in [-0.4, -0.2) is 6.03 Å². The molecule has 0 saturated heterocycles. The molecule has 0 aliphatic carbocycles. The third-order valence-electron chi connectivity index (χ3n) is 3.67. The van der Waals surface area contributed by atoms with Gasteiger partial charge in [-0.15, -0.1) is 11.8 Å². The molecule has 0 bridgehead atoms. The predicted molar refractivity (Wildman–Crippen MR) is 96.0 cm³/mol. The first-order valence-corrected chi connectivity index (χ1v) is 8.26. The summed E-state index contributed by atoms with van der Waals surface area (Å²) < 4.78 is 0. The van der Waals surface area contributed by atoms with Crippen LogP contribution in [0.1, 0.15) is 22.3 Å². The van der Waals surface area contributed by atoms with Gasteiger partial charge >= 0.3 is 6.03 Å². The zero-order valence-electron chi connectivity index (χ0n) is 13.6. The maximum absolute atomic E-state index is 11.7. The van der Waals surface area contributed by atoms with Gasteiger partial charge in [-0.3, -0.25) is 5.43 Å². The van der Waals surface area contributed by atoms with E-state index in [0.29, 0.717) is 5.69 Å². The first-order valence-electron chi connectivity index (χ1n) is 7.28. The summed E-state index contributed by atoms with van der Waals surface area (Å²) in [4.78, 5) is 12.7. The number of nitrogens with two attached hydrogens (primary N) is 2. The second-order valence-corrected chi connectivity index (χ2v) is 6.45. The van der Waals surface area contributed by atoms with Crippen molar-refractivity contribution in [2.75, 3.05) is 5.01 Å². The molecule has 122 valence electrons. The molecule has 5 nitrogen and oxygen atoms in total. The lowest BCUT2D eigenvalue weighted by Gasteiger charge is -2.20. The van der Waals surface area contributed by atoms with E-state index >= 15 is 0 Å². The molecule has 2 aromatic carbocycles. The van der Waals surface area contributed by atoms with Crippen LogP contribution in [0.5, 0.6) is 0 Å². The van der Waals surface area contributed by atoms with E-state index in [0.717, 1.165) is 21.2 Å². The van der Waals surface area contributed by atoms with Crippen molar-refractivity contribution in [1.29, 1.82) is 0 Å². The van der Waals surface area contributed by atoms with Gasteiger partial charge < -0.3 is 0 Å². The van der Waals surface area contributed by atoms with Crippen LogP contribution >= 0.6 is 11.8 Å². The molecule has 0 aromatic heterocycles. The predicted octanol–water partition coefficient (Wildman–Crippen LogP) is 3.17. The summed E-state index contributed by atoms with van der Waals surface area (Å²) in [5, 5.41) is 1.04. The molecule has 0 saturated carbocycles. The van der Waals surface area contributed by atoms with Crippen molar-refractivity contribution in [3.63, 3.8) is 0 Å². The number of hydrazine groups is 2. The highest BCUT2D eigenvalue weighted by molar-refractivity contribution is 7.98. The van der Waals surface area contributed by atoms with Gasteiger partial charge in [0.25, 0.3) is 0 Å². The van der Waals surface area contributed by atoms with Crippen LogP contribution in [0.15, 0.2) is 41.3 Å². The quantitative estimate of drug-likeness (QED) is 0.348. The van der Waals surface area contributed by atoms with Crippen LogP contribution in [-0.2, 0) is 5.75 Å². The Labute approximate surface area is 141 Å². The van der Waals surface area contributed by atoms with Gasteiger partial charge in [-0.2, -0.15) is 0 Å². The maximum atomic E-state index is 11.7. The molecule has 0 radical (unpaired) electrons. The minimum absolute atomic E-state index is 0.552. The highest BCUT2D eigenvalue weighted by atomic mass is 32.2. The smallest absolute Gasteiger partial charge is 0.274 e. The summed E-state index contributed by atoms with van der Waals surface area (Å²) in [6, 6.07) is 11.6. The second kappa shape index (κ2) is 7.50. The summed E-state index contributed by atoms with van der Waals surface area (Å²) in [6.07, 6.45) is 0. The normalized spacial score (nSPS) is 10.5. The number of carbonyl (C=O) groups is 1. The standard InChI is InChI=1S/C17H22N4OS/c1-11-7-8-12(2)14(9-11)10-23-16-13(3)5-4-6-15(16)21(19)17(22)20-18/h4-9H,10,18-19H2,1-3H3,(H,20,22). The Hall–Kier alpha value is -2.02. The Morgan fingerprint density at radius 3 is 2.61 bits per heavy atom. The number of aryl methyl sites for hydroxylation is 3. The van der Waals surface area contributed by atoms with Crippen molar-refractivity contribution in [3.8, 4) is 0 Å². The Bertz CT molecular complexity index is 718. The first-order chi connectivity index (χ1) is 10.9. The summed E-state index contributed by atoms with van der Waals surface area (Å²) in [5.74, 6) is 11.9. The first kappa shape index (κ1) is 17.3. The van der Waals surface area contributed by atoms with Gasteiger partial charge in [0, 0.05) is 10.6 Å². The van der Waals surface area contributed by atoms with Crippen LogP contribution in [0.2, 0.25) is 0 Å². The number of carbonyl (C=O) groups excluding carboxylic acids is 1. The van der Waals surface area contributed by atoms with E-state index in [4.69, 9.17) is 11.7 Å². The molecule has 0 fully saturated rings. The molecule has 0 spiro atoms. The van der Waals surface area contributed by atoms with Gasteiger partial charge in [-0.1, -0.05) is 35.9 Å². The zero-order valence-corrected chi connectivity index (χ0v) is 14.4. The molecule has 6 heteroatoms. The van der Waals surface area contributed by atoms with Crippen molar-refractivity contribution in [1.82, 2.24) is 5.43 Å². The van der Waals surface area contributed by atoms with Crippen LogP contribution in [0.4, 0.5) is 10.5 Å². The number of hydrogen-bond donors (Lipinski definition) is 3. The van der Waals surface area contributed by atoms with Crippen molar-refractivity contribution >= 4 is 23.5 Å². The highest BCUT2D eigenvalue weighted by Crippen LogP contribution is 2.35. The molecule has 5 N–H and O–H groups in total. The molecule has 2 amide bonds. The van der Waals surface area contributed by atoms with E-state index in [1.54, 1.807) is 11.8 Å². The van der Waals surface area contributed by atoms with Gasteiger partial charge in [0.1, 0.15) is 0 Å². The van der Waals surface area contributed by atoms with Crippen molar-refractivity contribution in [3.05, 3.63) is 58.7 Å². The van der Waals surface area contributed by atoms with E-state index < -0.39 is 6.03 Å². The third-order valence-corrected chi connectivity index (χ3v) is 4.94. The summed E-state index contributed by atoms with van der Waals surface area (Å²) >= 11 is 1.66. The molecule has 0 unspecified atom stereocenters. The summed E-state index contributed by atoms with van der Waals surface area (Å²) in [6.45, 7) is 6.19. The van der Waals surface area contributed by atoms with Gasteiger partial charge in [0.2, 0.25) is 0 Å². The monoisotopic (exact) mass is 330 g/mol. The lowest BCUT2D eigenvalue weighted by molar-refractivity contribution is 0.246. The fraction of sp³-hybridized carbons (Fsp3) is 0.235. The maximum Gasteiger partial charge on any atom is 0.350 e. The van der Waals surface area contributed by atoms with Gasteiger partial charge in [0.05, 0.1) is 5.69 Å². The molecule has 23 heavy (non-hydrogen) atoms. The number of hydrogen-bond acceptors (Lipinski definition) is 4. The van der Waals surface area contributed by atoms with Gasteiger partial charge in [0.15, 0.2) is 0 Å². The highest BCUT2D eigenvalue weighted by Gasteiger charge is 2.16. The third kappa shape index (κ3) is 4.04.